The molecule has 3 nitrogen and oxygen atoms in total. The number of benzene rings is 2. The molecule has 0 aliphatic heterocycles. The van der Waals surface area contributed by atoms with Crippen molar-refractivity contribution in [2.24, 2.45) is 0 Å². The molecule has 20 heavy (non-hydrogen) atoms. The third-order valence-corrected chi connectivity index (χ3v) is 3.41. The molecule has 0 aliphatic rings. The van der Waals surface area contributed by atoms with Crippen molar-refractivity contribution in [2.45, 2.75) is 19.4 Å². The number of aliphatic hydroxyl groups excluding tert-OH is 1. The Labute approximate surface area is 119 Å². The van der Waals surface area contributed by atoms with Gasteiger partial charge in [-0.25, -0.2) is 0 Å². The number of methoxy groups -OCH3 is 2. The normalized spacial score (nSPS) is 12.0. The Bertz CT molecular complexity index is 578. The first kappa shape index (κ1) is 14.4. The number of aliphatic hydroxyl groups is 1. The van der Waals surface area contributed by atoms with Gasteiger partial charge in [0.15, 0.2) is 0 Å². The fraction of sp³-hybridized carbons (Fsp3) is 0.294. The minimum absolute atomic E-state index is 0.624. The first-order chi connectivity index (χ1) is 9.69. The van der Waals surface area contributed by atoms with E-state index in [4.69, 9.17) is 9.47 Å². The van der Waals surface area contributed by atoms with Crippen LogP contribution in [0.1, 0.15) is 29.7 Å². The molecule has 0 aromatic heterocycles. The number of hydrogen-bond acceptors (Lipinski definition) is 3. The van der Waals surface area contributed by atoms with Crippen LogP contribution in [0.25, 0.3) is 0 Å². The summed E-state index contributed by atoms with van der Waals surface area (Å²) >= 11 is 0. The average Bonchev–Trinajstić information content (AvgIpc) is 2.53. The van der Waals surface area contributed by atoms with E-state index < -0.39 is 6.10 Å². The van der Waals surface area contributed by atoms with Gasteiger partial charge in [-0.15, -0.1) is 0 Å². The molecule has 0 spiro atoms. The highest BCUT2D eigenvalue weighted by molar-refractivity contribution is 5.45. The van der Waals surface area contributed by atoms with Crippen molar-refractivity contribution >= 4 is 0 Å². The van der Waals surface area contributed by atoms with Crippen molar-refractivity contribution in [3.05, 3.63) is 59.2 Å². The molecule has 1 unspecified atom stereocenters. The van der Waals surface area contributed by atoms with Crippen LogP contribution in [0.3, 0.4) is 0 Å². The zero-order valence-electron chi connectivity index (χ0n) is 12.1. The fourth-order valence-corrected chi connectivity index (χ4v) is 2.21. The summed E-state index contributed by atoms with van der Waals surface area (Å²) in [6, 6.07) is 13.4. The molecular formula is C17H20O3. The molecule has 0 fully saturated rings. The van der Waals surface area contributed by atoms with Gasteiger partial charge < -0.3 is 14.6 Å². The number of aryl methyl sites for hydroxylation is 1. The lowest BCUT2D eigenvalue weighted by molar-refractivity contribution is 0.214. The van der Waals surface area contributed by atoms with Gasteiger partial charge in [-0.1, -0.05) is 31.2 Å². The summed E-state index contributed by atoms with van der Waals surface area (Å²) in [5, 5.41) is 10.6. The molecule has 0 saturated carbocycles. The maximum absolute atomic E-state index is 10.6. The minimum Gasteiger partial charge on any atom is -0.497 e. The molecule has 2 rings (SSSR count). The molecule has 2 aromatic carbocycles. The molecule has 0 saturated heterocycles. The van der Waals surface area contributed by atoms with Crippen molar-refractivity contribution in [3.63, 3.8) is 0 Å². The molecule has 3 heteroatoms. The monoisotopic (exact) mass is 272 g/mol. The maximum Gasteiger partial charge on any atom is 0.128 e. The van der Waals surface area contributed by atoms with Gasteiger partial charge in [0, 0.05) is 11.6 Å². The van der Waals surface area contributed by atoms with Crippen LogP contribution in [-0.4, -0.2) is 19.3 Å². The second kappa shape index (κ2) is 6.44. The van der Waals surface area contributed by atoms with Crippen LogP contribution >= 0.6 is 0 Å². The lowest BCUT2D eigenvalue weighted by Crippen LogP contribution is -2.03. The molecule has 0 aliphatic carbocycles. The van der Waals surface area contributed by atoms with E-state index in [0.717, 1.165) is 17.5 Å². The van der Waals surface area contributed by atoms with Crippen LogP contribution in [0.5, 0.6) is 11.5 Å². The Kier molecular flexibility index (Phi) is 4.64. The standard InChI is InChI=1S/C17H20O3/c1-4-12-6-5-7-13(10-12)17(18)15-9-8-14(19-2)11-16(15)20-3/h5-11,17-18H,4H2,1-3H3. The Morgan fingerprint density at radius 1 is 1.05 bits per heavy atom. The van der Waals surface area contributed by atoms with Crippen molar-refractivity contribution < 1.29 is 14.6 Å². The number of rotatable bonds is 5. The first-order valence-corrected chi connectivity index (χ1v) is 6.68. The molecule has 0 heterocycles. The third-order valence-electron chi connectivity index (χ3n) is 3.41. The van der Waals surface area contributed by atoms with Gasteiger partial charge in [-0.2, -0.15) is 0 Å². The lowest BCUT2D eigenvalue weighted by Gasteiger charge is -2.16. The van der Waals surface area contributed by atoms with Gasteiger partial charge >= 0.3 is 0 Å². The Balaban J connectivity index is 2.39. The second-order valence-electron chi connectivity index (χ2n) is 4.61. The summed E-state index contributed by atoms with van der Waals surface area (Å²) in [5.41, 5.74) is 2.81. The molecule has 1 N–H and O–H groups in total. The summed E-state index contributed by atoms with van der Waals surface area (Å²) in [4.78, 5) is 0. The summed E-state index contributed by atoms with van der Waals surface area (Å²) in [7, 11) is 3.20. The highest BCUT2D eigenvalue weighted by atomic mass is 16.5. The Hall–Kier alpha value is -2.00. The van der Waals surface area contributed by atoms with Gasteiger partial charge in [-0.05, 0) is 29.7 Å². The van der Waals surface area contributed by atoms with E-state index >= 15 is 0 Å². The van der Waals surface area contributed by atoms with Crippen LogP contribution < -0.4 is 9.47 Å². The van der Waals surface area contributed by atoms with Crippen LogP contribution in [0.4, 0.5) is 0 Å². The van der Waals surface area contributed by atoms with Crippen LogP contribution in [-0.2, 0) is 6.42 Å². The van der Waals surface area contributed by atoms with Crippen molar-refractivity contribution in [3.8, 4) is 11.5 Å². The third kappa shape index (κ3) is 2.94. The summed E-state index contributed by atoms with van der Waals surface area (Å²) in [5.74, 6) is 1.33. The zero-order valence-corrected chi connectivity index (χ0v) is 12.1. The second-order valence-corrected chi connectivity index (χ2v) is 4.61. The van der Waals surface area contributed by atoms with Gasteiger partial charge in [-0.3, -0.25) is 0 Å². The first-order valence-electron chi connectivity index (χ1n) is 6.68. The summed E-state index contributed by atoms with van der Waals surface area (Å²) in [6.07, 6.45) is 0.239. The molecule has 0 bridgehead atoms. The molecule has 1 atom stereocenters. The lowest BCUT2D eigenvalue weighted by atomic mass is 9.98. The molecule has 2 aromatic rings. The van der Waals surface area contributed by atoms with Crippen molar-refractivity contribution in [1.29, 1.82) is 0 Å². The zero-order chi connectivity index (χ0) is 14.5. The largest absolute Gasteiger partial charge is 0.497 e. The van der Waals surface area contributed by atoms with E-state index in [1.807, 2.05) is 30.3 Å². The number of hydrogen-bond donors (Lipinski definition) is 1. The number of ether oxygens (including phenoxy) is 2. The highest BCUT2D eigenvalue weighted by Gasteiger charge is 2.16. The Morgan fingerprint density at radius 2 is 1.85 bits per heavy atom. The van der Waals surface area contributed by atoms with Gasteiger partial charge in [0.25, 0.3) is 0 Å². The molecule has 0 radical (unpaired) electrons. The van der Waals surface area contributed by atoms with E-state index in [0.29, 0.717) is 11.5 Å². The van der Waals surface area contributed by atoms with Crippen molar-refractivity contribution in [1.82, 2.24) is 0 Å². The fourth-order valence-electron chi connectivity index (χ4n) is 2.21. The van der Waals surface area contributed by atoms with E-state index in [9.17, 15) is 5.11 Å². The Morgan fingerprint density at radius 3 is 2.50 bits per heavy atom. The highest BCUT2D eigenvalue weighted by Crippen LogP contribution is 2.33. The maximum atomic E-state index is 10.6. The molecule has 106 valence electrons. The van der Waals surface area contributed by atoms with E-state index in [1.165, 1.54) is 5.56 Å². The van der Waals surface area contributed by atoms with E-state index in [1.54, 1.807) is 20.3 Å². The predicted octanol–water partition coefficient (Wildman–Crippen LogP) is 3.35. The summed E-state index contributed by atoms with van der Waals surface area (Å²) < 4.78 is 10.5. The van der Waals surface area contributed by atoms with Gasteiger partial charge in [0.2, 0.25) is 0 Å². The van der Waals surface area contributed by atoms with Crippen LogP contribution in [0, 0.1) is 0 Å². The summed E-state index contributed by atoms with van der Waals surface area (Å²) in [6.45, 7) is 2.10. The van der Waals surface area contributed by atoms with E-state index in [-0.39, 0.29) is 0 Å². The van der Waals surface area contributed by atoms with Crippen LogP contribution in [0.15, 0.2) is 42.5 Å². The van der Waals surface area contributed by atoms with E-state index in [2.05, 4.69) is 13.0 Å². The predicted molar refractivity (Wildman–Crippen MR) is 79.4 cm³/mol. The SMILES string of the molecule is CCc1cccc(C(O)c2ccc(OC)cc2OC)c1. The molecular weight excluding hydrogens is 252 g/mol. The van der Waals surface area contributed by atoms with Crippen LogP contribution in [0.2, 0.25) is 0 Å². The minimum atomic E-state index is -0.706. The molecule has 0 amide bonds. The smallest absolute Gasteiger partial charge is 0.128 e. The van der Waals surface area contributed by atoms with Gasteiger partial charge in [0.05, 0.1) is 14.2 Å². The van der Waals surface area contributed by atoms with Gasteiger partial charge in [0.1, 0.15) is 17.6 Å². The topological polar surface area (TPSA) is 38.7 Å². The average molecular weight is 272 g/mol. The van der Waals surface area contributed by atoms with Crippen molar-refractivity contribution in [2.75, 3.05) is 14.2 Å². The quantitative estimate of drug-likeness (QED) is 0.907.